The molecule has 4 heterocycles. The minimum atomic E-state index is 0.454. The molecule has 2 fully saturated rings. The average Bonchev–Trinajstić information content (AvgIpc) is 3.20. The summed E-state index contributed by atoms with van der Waals surface area (Å²) in [6, 6.07) is 10.0. The van der Waals surface area contributed by atoms with Gasteiger partial charge in [-0.2, -0.15) is 0 Å². The van der Waals surface area contributed by atoms with Crippen molar-refractivity contribution in [2.45, 2.75) is 71.3 Å². The van der Waals surface area contributed by atoms with Crippen LogP contribution >= 0.6 is 0 Å². The van der Waals surface area contributed by atoms with Crippen molar-refractivity contribution >= 4 is 10.9 Å². The fourth-order valence-electron chi connectivity index (χ4n) is 5.80. The summed E-state index contributed by atoms with van der Waals surface area (Å²) in [6.07, 6.45) is 7.01. The van der Waals surface area contributed by atoms with E-state index in [1.807, 2.05) is 6.20 Å². The lowest BCUT2D eigenvalue weighted by atomic mass is 9.86. The normalized spacial score (nSPS) is 21.0. The third-order valence-electron chi connectivity index (χ3n) is 7.60. The van der Waals surface area contributed by atoms with E-state index in [1.165, 1.54) is 77.6 Å². The van der Waals surface area contributed by atoms with Crippen LogP contribution in [0, 0.1) is 13.8 Å². The van der Waals surface area contributed by atoms with Crippen LogP contribution in [0.15, 0.2) is 30.5 Å². The molecule has 2 aliphatic rings. The zero-order chi connectivity index (χ0) is 22.2. The maximum atomic E-state index is 5.74. The monoisotopic (exact) mass is 431 g/mol. The van der Waals surface area contributed by atoms with Crippen LogP contribution in [0.2, 0.25) is 0 Å². The summed E-state index contributed by atoms with van der Waals surface area (Å²) in [6.45, 7) is 13.1. The van der Waals surface area contributed by atoms with E-state index in [-0.39, 0.29) is 0 Å². The van der Waals surface area contributed by atoms with E-state index >= 15 is 0 Å². The van der Waals surface area contributed by atoms with Crippen LogP contribution in [0.25, 0.3) is 22.2 Å². The van der Waals surface area contributed by atoms with Gasteiger partial charge in [0.1, 0.15) is 0 Å². The molecule has 4 heteroatoms. The highest BCUT2D eigenvalue weighted by Gasteiger charge is 2.28. The Bertz CT molecular complexity index is 1090. The maximum Gasteiger partial charge on any atom is 0.0621 e. The lowest BCUT2D eigenvalue weighted by Gasteiger charge is -2.39. The second-order valence-corrected chi connectivity index (χ2v) is 10.2. The van der Waals surface area contributed by atoms with Gasteiger partial charge in [0.15, 0.2) is 0 Å². The third kappa shape index (κ3) is 4.11. The number of rotatable bonds is 4. The number of pyridine rings is 1. The Hall–Kier alpha value is -2.17. The van der Waals surface area contributed by atoms with Gasteiger partial charge in [-0.1, -0.05) is 19.9 Å². The Balaban J connectivity index is 1.44. The molecule has 3 aromatic rings. The molecule has 1 unspecified atom stereocenters. The largest absolute Gasteiger partial charge is 0.380 e. The quantitative estimate of drug-likeness (QED) is 0.525. The van der Waals surface area contributed by atoms with Crippen LogP contribution in [0.1, 0.15) is 73.8 Å². The van der Waals surface area contributed by atoms with Crippen molar-refractivity contribution in [3.05, 3.63) is 52.8 Å². The molecule has 2 saturated heterocycles. The fraction of sp³-hybridized carbons (Fsp3) is 0.536. The third-order valence-corrected chi connectivity index (χ3v) is 7.60. The van der Waals surface area contributed by atoms with E-state index in [2.05, 4.69) is 66.8 Å². The number of hydrogen-bond donors (Lipinski definition) is 1. The molecule has 0 bridgehead atoms. The highest BCUT2D eigenvalue weighted by Crippen LogP contribution is 2.39. The lowest BCUT2D eigenvalue weighted by molar-refractivity contribution is 0.00886. The Morgan fingerprint density at radius 2 is 1.91 bits per heavy atom. The molecular formula is C28H37N3O. The highest BCUT2D eigenvalue weighted by molar-refractivity contribution is 5.92. The minimum absolute atomic E-state index is 0.454. The molecule has 1 N–H and O–H groups in total. The molecular weight excluding hydrogens is 394 g/mol. The smallest absolute Gasteiger partial charge is 0.0621 e. The standard InChI is InChI=1S/C28H37N3O/c1-18(2)27-25-15-22(21-9-11-31(12-10-21)23-6-5-13-32-17-23)7-8-26(25)30-28(27)24-14-20(4)29-16-19(24)3/h7-8,14-16,18,21,23,30H,5-6,9-13,17H2,1-4H3. The van der Waals surface area contributed by atoms with Crippen LogP contribution in [0.4, 0.5) is 0 Å². The topological polar surface area (TPSA) is 41.2 Å². The van der Waals surface area contributed by atoms with E-state index < -0.39 is 0 Å². The number of piperidine rings is 1. The Morgan fingerprint density at radius 1 is 1.09 bits per heavy atom. The highest BCUT2D eigenvalue weighted by atomic mass is 16.5. The van der Waals surface area contributed by atoms with Gasteiger partial charge in [-0.3, -0.25) is 9.88 Å². The van der Waals surface area contributed by atoms with Gasteiger partial charge in [-0.05, 0) is 99.3 Å². The molecule has 0 spiro atoms. The Labute approximate surface area is 192 Å². The number of ether oxygens (including phenoxy) is 1. The van der Waals surface area contributed by atoms with E-state index in [9.17, 15) is 0 Å². The van der Waals surface area contributed by atoms with Gasteiger partial charge in [0.05, 0.1) is 12.3 Å². The van der Waals surface area contributed by atoms with Gasteiger partial charge in [-0.25, -0.2) is 0 Å². The molecule has 5 rings (SSSR count). The Kier molecular flexibility index (Phi) is 6.09. The molecule has 2 aromatic heterocycles. The van der Waals surface area contributed by atoms with E-state index in [0.717, 1.165) is 18.9 Å². The molecule has 0 amide bonds. The first-order valence-corrected chi connectivity index (χ1v) is 12.4. The van der Waals surface area contributed by atoms with Gasteiger partial charge in [0.25, 0.3) is 0 Å². The summed E-state index contributed by atoms with van der Waals surface area (Å²) in [5.41, 5.74) is 9.03. The summed E-state index contributed by atoms with van der Waals surface area (Å²) in [4.78, 5) is 10.9. The predicted octanol–water partition coefficient (Wildman–Crippen LogP) is 6.33. The van der Waals surface area contributed by atoms with Crippen molar-refractivity contribution in [2.75, 3.05) is 26.3 Å². The zero-order valence-corrected chi connectivity index (χ0v) is 20.1. The number of nitrogens with zero attached hydrogens (tertiary/aromatic N) is 2. The van der Waals surface area contributed by atoms with Gasteiger partial charge >= 0.3 is 0 Å². The van der Waals surface area contributed by atoms with Crippen molar-refractivity contribution in [3.63, 3.8) is 0 Å². The summed E-state index contributed by atoms with van der Waals surface area (Å²) >= 11 is 0. The summed E-state index contributed by atoms with van der Waals surface area (Å²) in [7, 11) is 0. The first-order chi connectivity index (χ1) is 15.5. The van der Waals surface area contributed by atoms with Crippen molar-refractivity contribution in [1.82, 2.24) is 14.9 Å². The summed E-state index contributed by atoms with van der Waals surface area (Å²) in [5, 5.41) is 1.39. The van der Waals surface area contributed by atoms with Crippen LogP contribution in [0.5, 0.6) is 0 Å². The number of aryl methyl sites for hydroxylation is 2. The molecule has 0 saturated carbocycles. The number of aromatic nitrogens is 2. The first-order valence-electron chi connectivity index (χ1n) is 12.4. The van der Waals surface area contributed by atoms with Crippen LogP contribution in [-0.4, -0.2) is 47.2 Å². The zero-order valence-electron chi connectivity index (χ0n) is 20.1. The van der Waals surface area contributed by atoms with Crippen molar-refractivity contribution < 1.29 is 4.74 Å². The van der Waals surface area contributed by atoms with Crippen molar-refractivity contribution in [1.29, 1.82) is 0 Å². The molecule has 2 aliphatic heterocycles. The van der Waals surface area contributed by atoms with Gasteiger partial charge in [0, 0.05) is 41.0 Å². The molecule has 0 aliphatic carbocycles. The van der Waals surface area contributed by atoms with E-state index in [0.29, 0.717) is 17.9 Å². The number of nitrogens with one attached hydrogen (secondary N) is 1. The van der Waals surface area contributed by atoms with Crippen molar-refractivity contribution in [2.24, 2.45) is 0 Å². The van der Waals surface area contributed by atoms with Gasteiger partial charge in [-0.15, -0.1) is 0 Å². The van der Waals surface area contributed by atoms with Crippen molar-refractivity contribution in [3.8, 4) is 11.3 Å². The van der Waals surface area contributed by atoms with E-state index in [1.54, 1.807) is 0 Å². The number of H-pyrrole nitrogens is 1. The molecule has 4 nitrogen and oxygen atoms in total. The number of hydrogen-bond acceptors (Lipinski definition) is 3. The SMILES string of the molecule is Cc1cc(-c2[nH]c3ccc(C4CCN(C5CCCOC5)CC4)cc3c2C(C)C)c(C)cn1. The van der Waals surface area contributed by atoms with Gasteiger partial charge < -0.3 is 9.72 Å². The maximum absolute atomic E-state index is 5.74. The lowest BCUT2D eigenvalue weighted by Crippen LogP contribution is -2.45. The molecule has 1 atom stereocenters. The van der Waals surface area contributed by atoms with E-state index in [4.69, 9.17) is 4.74 Å². The second-order valence-electron chi connectivity index (χ2n) is 10.2. The number of benzene rings is 1. The number of aromatic amines is 1. The average molecular weight is 432 g/mol. The number of likely N-dealkylation sites (tertiary alicyclic amines) is 1. The molecule has 1 aromatic carbocycles. The molecule has 0 radical (unpaired) electrons. The molecule has 170 valence electrons. The van der Waals surface area contributed by atoms with Crippen LogP contribution < -0.4 is 0 Å². The van der Waals surface area contributed by atoms with Crippen LogP contribution in [0.3, 0.4) is 0 Å². The number of fused-ring (bicyclic) bond motifs is 1. The van der Waals surface area contributed by atoms with Crippen LogP contribution in [-0.2, 0) is 4.74 Å². The molecule has 32 heavy (non-hydrogen) atoms. The predicted molar refractivity (Wildman–Crippen MR) is 132 cm³/mol. The van der Waals surface area contributed by atoms with Gasteiger partial charge in [0.2, 0.25) is 0 Å². The first kappa shape index (κ1) is 21.7. The Morgan fingerprint density at radius 3 is 2.62 bits per heavy atom. The minimum Gasteiger partial charge on any atom is -0.380 e. The fourth-order valence-corrected chi connectivity index (χ4v) is 5.80. The second kappa shape index (κ2) is 8.99. The summed E-state index contributed by atoms with van der Waals surface area (Å²) < 4.78 is 5.74. The summed E-state index contributed by atoms with van der Waals surface area (Å²) in [5.74, 6) is 1.11.